The molecule has 3 N–H and O–H groups in total. The zero-order valence-electron chi connectivity index (χ0n) is 11.8. The first kappa shape index (κ1) is 15.2. The van der Waals surface area contributed by atoms with Crippen molar-refractivity contribution in [2.24, 2.45) is 0 Å². The van der Waals surface area contributed by atoms with Crippen molar-refractivity contribution < 1.29 is 10.2 Å². The molecule has 0 radical (unpaired) electrons. The molecule has 3 heteroatoms. The van der Waals surface area contributed by atoms with Gasteiger partial charge in [0.1, 0.15) is 0 Å². The van der Waals surface area contributed by atoms with Gasteiger partial charge in [-0.3, -0.25) is 0 Å². The molecule has 0 aliphatic carbocycles. The van der Waals surface area contributed by atoms with Gasteiger partial charge >= 0.3 is 0 Å². The summed E-state index contributed by atoms with van der Waals surface area (Å²) in [4.78, 5) is 0. The molecule has 102 valence electrons. The Kier molecular flexibility index (Phi) is 5.32. The zero-order valence-corrected chi connectivity index (χ0v) is 11.8. The first-order valence-corrected chi connectivity index (χ1v) is 6.46. The summed E-state index contributed by atoms with van der Waals surface area (Å²) >= 11 is 0. The van der Waals surface area contributed by atoms with Crippen molar-refractivity contribution in [3.63, 3.8) is 0 Å². The molecule has 1 atom stereocenters. The van der Waals surface area contributed by atoms with Crippen LogP contribution in [-0.2, 0) is 5.41 Å². The van der Waals surface area contributed by atoms with Crippen LogP contribution in [0.2, 0.25) is 0 Å². The van der Waals surface area contributed by atoms with Crippen LogP contribution in [0.1, 0.15) is 44.9 Å². The van der Waals surface area contributed by atoms with Crippen LogP contribution in [0.3, 0.4) is 0 Å². The molecule has 3 nitrogen and oxygen atoms in total. The summed E-state index contributed by atoms with van der Waals surface area (Å²) in [6.45, 7) is 8.50. The molecule has 18 heavy (non-hydrogen) atoms. The van der Waals surface area contributed by atoms with Crippen LogP contribution >= 0.6 is 0 Å². The van der Waals surface area contributed by atoms with Gasteiger partial charge in [0, 0.05) is 6.04 Å². The van der Waals surface area contributed by atoms with Crippen molar-refractivity contribution in [2.45, 2.75) is 45.2 Å². The number of hydrogen-bond acceptors (Lipinski definition) is 3. The van der Waals surface area contributed by atoms with Gasteiger partial charge in [-0.2, -0.15) is 0 Å². The third-order valence-corrected chi connectivity index (χ3v) is 3.20. The van der Waals surface area contributed by atoms with E-state index in [0.29, 0.717) is 0 Å². The average molecular weight is 251 g/mol. The van der Waals surface area contributed by atoms with Gasteiger partial charge in [-0.15, -0.1) is 0 Å². The van der Waals surface area contributed by atoms with Gasteiger partial charge < -0.3 is 15.5 Å². The summed E-state index contributed by atoms with van der Waals surface area (Å²) in [5.74, 6) is 0. The van der Waals surface area contributed by atoms with Crippen LogP contribution in [0.4, 0.5) is 0 Å². The lowest BCUT2D eigenvalue weighted by Crippen LogP contribution is -2.37. The van der Waals surface area contributed by atoms with E-state index in [1.165, 1.54) is 5.56 Å². The van der Waals surface area contributed by atoms with E-state index >= 15 is 0 Å². The van der Waals surface area contributed by atoms with E-state index in [9.17, 15) is 0 Å². The molecule has 1 aromatic rings. The van der Waals surface area contributed by atoms with Crippen LogP contribution in [0.5, 0.6) is 0 Å². The van der Waals surface area contributed by atoms with Gasteiger partial charge in [-0.05, 0) is 23.5 Å². The summed E-state index contributed by atoms with van der Waals surface area (Å²) in [6, 6.07) is 8.33. The van der Waals surface area contributed by atoms with E-state index in [-0.39, 0.29) is 30.7 Å². The second kappa shape index (κ2) is 6.32. The van der Waals surface area contributed by atoms with Gasteiger partial charge in [0.25, 0.3) is 0 Å². The molecule has 1 rings (SSSR count). The minimum absolute atomic E-state index is 0.0546. The highest BCUT2D eigenvalue weighted by Crippen LogP contribution is 2.23. The average Bonchev–Trinajstić information content (AvgIpc) is 2.34. The normalized spacial score (nSPS) is 13.9. The quantitative estimate of drug-likeness (QED) is 0.750. The Bertz CT molecular complexity index is 350. The van der Waals surface area contributed by atoms with Crippen LogP contribution in [0.25, 0.3) is 0 Å². The highest BCUT2D eigenvalue weighted by molar-refractivity contribution is 5.29. The third kappa shape index (κ3) is 4.09. The Labute approximate surface area is 110 Å². The molecule has 0 amide bonds. The van der Waals surface area contributed by atoms with E-state index in [4.69, 9.17) is 10.2 Å². The SMILES string of the molecule is CC(NC(CO)CO)c1ccc(C(C)(C)C)cc1. The minimum atomic E-state index is -0.262. The number of benzene rings is 1. The maximum Gasteiger partial charge on any atom is 0.0607 e. The monoisotopic (exact) mass is 251 g/mol. The number of aliphatic hydroxyl groups excluding tert-OH is 2. The Hall–Kier alpha value is -0.900. The highest BCUT2D eigenvalue weighted by Gasteiger charge is 2.15. The lowest BCUT2D eigenvalue weighted by molar-refractivity contribution is 0.163. The maximum absolute atomic E-state index is 9.05. The maximum atomic E-state index is 9.05. The third-order valence-electron chi connectivity index (χ3n) is 3.20. The Morgan fingerprint density at radius 3 is 1.94 bits per heavy atom. The fourth-order valence-electron chi connectivity index (χ4n) is 1.88. The summed E-state index contributed by atoms with van der Waals surface area (Å²) in [5.41, 5.74) is 2.63. The van der Waals surface area contributed by atoms with Crippen LogP contribution in [0, 0.1) is 0 Å². The van der Waals surface area contributed by atoms with Crippen molar-refractivity contribution in [1.82, 2.24) is 5.32 Å². The van der Waals surface area contributed by atoms with Gasteiger partial charge in [0.15, 0.2) is 0 Å². The second-order valence-electron chi connectivity index (χ2n) is 5.82. The molecule has 0 aliphatic rings. The minimum Gasteiger partial charge on any atom is -0.395 e. The topological polar surface area (TPSA) is 52.5 Å². The number of hydrogen-bond donors (Lipinski definition) is 3. The van der Waals surface area contributed by atoms with Gasteiger partial charge in [-0.1, -0.05) is 45.0 Å². The summed E-state index contributed by atoms with van der Waals surface area (Å²) in [6.07, 6.45) is 0. The molecule has 0 spiro atoms. The van der Waals surface area contributed by atoms with Crippen molar-refractivity contribution in [3.8, 4) is 0 Å². The molecular weight excluding hydrogens is 226 g/mol. The molecule has 0 heterocycles. The van der Waals surface area contributed by atoms with Crippen LogP contribution in [-0.4, -0.2) is 29.5 Å². The molecule has 1 unspecified atom stereocenters. The lowest BCUT2D eigenvalue weighted by atomic mass is 9.86. The van der Waals surface area contributed by atoms with Crippen molar-refractivity contribution in [2.75, 3.05) is 13.2 Å². The van der Waals surface area contributed by atoms with E-state index in [2.05, 4.69) is 50.4 Å². The Morgan fingerprint density at radius 1 is 1.06 bits per heavy atom. The van der Waals surface area contributed by atoms with Gasteiger partial charge in [0.2, 0.25) is 0 Å². The summed E-state index contributed by atoms with van der Waals surface area (Å²) in [5, 5.41) is 21.3. The smallest absolute Gasteiger partial charge is 0.0607 e. The van der Waals surface area contributed by atoms with Crippen molar-refractivity contribution in [3.05, 3.63) is 35.4 Å². The Balaban J connectivity index is 2.73. The van der Waals surface area contributed by atoms with Crippen molar-refractivity contribution in [1.29, 1.82) is 0 Å². The molecule has 0 aliphatic heterocycles. The highest BCUT2D eigenvalue weighted by atomic mass is 16.3. The second-order valence-corrected chi connectivity index (χ2v) is 5.82. The number of rotatable bonds is 5. The molecule has 0 saturated carbocycles. The lowest BCUT2D eigenvalue weighted by Gasteiger charge is -2.22. The molecule has 1 aromatic carbocycles. The van der Waals surface area contributed by atoms with Crippen LogP contribution in [0.15, 0.2) is 24.3 Å². The summed E-state index contributed by atoms with van der Waals surface area (Å²) in [7, 11) is 0. The predicted molar refractivity (Wildman–Crippen MR) is 74.7 cm³/mol. The molecule has 0 bridgehead atoms. The van der Waals surface area contributed by atoms with Gasteiger partial charge in [0.05, 0.1) is 19.3 Å². The fraction of sp³-hybridized carbons (Fsp3) is 0.600. The molecule has 0 aromatic heterocycles. The summed E-state index contributed by atoms with van der Waals surface area (Å²) < 4.78 is 0. The first-order chi connectivity index (χ1) is 8.38. The number of aliphatic hydroxyl groups is 2. The molecule has 0 saturated heterocycles. The zero-order chi connectivity index (χ0) is 13.8. The predicted octanol–water partition coefficient (Wildman–Crippen LogP) is 1.99. The van der Waals surface area contributed by atoms with E-state index in [1.807, 2.05) is 6.92 Å². The fourth-order valence-corrected chi connectivity index (χ4v) is 1.88. The van der Waals surface area contributed by atoms with Crippen molar-refractivity contribution >= 4 is 0 Å². The van der Waals surface area contributed by atoms with E-state index in [1.54, 1.807) is 0 Å². The largest absolute Gasteiger partial charge is 0.395 e. The molecule has 0 fully saturated rings. The first-order valence-electron chi connectivity index (χ1n) is 6.46. The van der Waals surface area contributed by atoms with Gasteiger partial charge in [-0.25, -0.2) is 0 Å². The standard InChI is InChI=1S/C15H25NO2/c1-11(16-14(9-17)10-18)12-5-7-13(8-6-12)15(2,3)4/h5-8,11,14,16-18H,9-10H2,1-4H3. The number of nitrogens with one attached hydrogen (secondary N) is 1. The van der Waals surface area contributed by atoms with Crippen LogP contribution < -0.4 is 5.32 Å². The Morgan fingerprint density at radius 2 is 1.56 bits per heavy atom. The molecular formula is C15H25NO2. The van der Waals surface area contributed by atoms with E-state index < -0.39 is 0 Å². The van der Waals surface area contributed by atoms with E-state index in [0.717, 1.165) is 5.56 Å².